The second-order valence-corrected chi connectivity index (χ2v) is 6.35. The Morgan fingerprint density at radius 1 is 1.16 bits per heavy atom. The molecule has 1 aromatic carbocycles. The number of nitrogens with one attached hydrogen (secondary N) is 2. The largest absolute Gasteiger partial charge is 0.480 e. The van der Waals surface area contributed by atoms with Crippen molar-refractivity contribution in [2.45, 2.75) is 20.3 Å². The van der Waals surface area contributed by atoms with Gasteiger partial charge in [0.2, 0.25) is 0 Å². The number of hydrogen-bond donors (Lipinski definition) is 2. The van der Waals surface area contributed by atoms with Gasteiger partial charge in [-0.25, -0.2) is 9.59 Å². The predicted octanol–water partition coefficient (Wildman–Crippen LogP) is 2.79. The number of amides is 3. The van der Waals surface area contributed by atoms with Crippen molar-refractivity contribution < 1.29 is 23.9 Å². The summed E-state index contributed by atoms with van der Waals surface area (Å²) >= 11 is 11.6. The van der Waals surface area contributed by atoms with Crippen LogP contribution < -0.4 is 15.4 Å². The molecule has 0 fully saturated rings. The first-order valence-electron chi connectivity index (χ1n) is 7.59. The molecule has 2 N–H and O–H groups in total. The molecular formula is C16H20Cl2N2O5. The molecule has 1 aromatic rings. The first-order valence-corrected chi connectivity index (χ1v) is 8.34. The number of halogens is 2. The average Bonchev–Trinajstić information content (AvgIpc) is 2.51. The van der Waals surface area contributed by atoms with Gasteiger partial charge >= 0.3 is 12.0 Å². The summed E-state index contributed by atoms with van der Waals surface area (Å²) in [5.74, 6) is -0.815. The van der Waals surface area contributed by atoms with Crippen molar-refractivity contribution in [3.63, 3.8) is 0 Å². The molecule has 138 valence electrons. The smallest absolute Gasteiger partial charge is 0.344 e. The van der Waals surface area contributed by atoms with Gasteiger partial charge in [-0.05, 0) is 30.5 Å². The molecule has 0 radical (unpaired) electrons. The summed E-state index contributed by atoms with van der Waals surface area (Å²) in [4.78, 5) is 34.5. The van der Waals surface area contributed by atoms with Gasteiger partial charge < -0.3 is 14.8 Å². The second kappa shape index (κ2) is 10.8. The maximum absolute atomic E-state index is 11.5. The quantitative estimate of drug-likeness (QED) is 0.665. The van der Waals surface area contributed by atoms with Crippen molar-refractivity contribution >= 4 is 41.1 Å². The van der Waals surface area contributed by atoms with E-state index >= 15 is 0 Å². The molecular weight excluding hydrogens is 371 g/mol. The van der Waals surface area contributed by atoms with E-state index in [1.807, 2.05) is 13.8 Å². The van der Waals surface area contributed by atoms with E-state index in [0.717, 1.165) is 6.42 Å². The molecule has 0 bridgehead atoms. The molecule has 0 heterocycles. The van der Waals surface area contributed by atoms with Crippen molar-refractivity contribution in [2.75, 3.05) is 19.8 Å². The minimum absolute atomic E-state index is 0.246. The number of imide groups is 1. The monoisotopic (exact) mass is 390 g/mol. The zero-order chi connectivity index (χ0) is 18.8. The van der Waals surface area contributed by atoms with Gasteiger partial charge in [0.1, 0.15) is 5.75 Å². The van der Waals surface area contributed by atoms with Gasteiger partial charge in [0.25, 0.3) is 5.91 Å². The van der Waals surface area contributed by atoms with Crippen LogP contribution in [0.3, 0.4) is 0 Å². The number of urea groups is 1. The Hall–Kier alpha value is -1.99. The summed E-state index contributed by atoms with van der Waals surface area (Å²) in [7, 11) is 0. The maximum atomic E-state index is 11.5. The molecule has 3 amide bonds. The minimum Gasteiger partial charge on any atom is -0.480 e. The van der Waals surface area contributed by atoms with Crippen LogP contribution in [-0.4, -0.2) is 37.7 Å². The van der Waals surface area contributed by atoms with Gasteiger partial charge in [-0.3, -0.25) is 10.1 Å². The number of rotatable bonds is 8. The summed E-state index contributed by atoms with van der Waals surface area (Å²) < 4.78 is 9.87. The fourth-order valence-corrected chi connectivity index (χ4v) is 2.06. The van der Waals surface area contributed by atoms with Crippen LogP contribution in [0.15, 0.2) is 18.2 Å². The normalized spacial score (nSPS) is 10.3. The Morgan fingerprint density at radius 3 is 2.52 bits per heavy atom. The molecule has 7 nitrogen and oxygen atoms in total. The summed E-state index contributed by atoms with van der Waals surface area (Å²) in [6.07, 6.45) is 0.793. The zero-order valence-electron chi connectivity index (χ0n) is 13.9. The Kier molecular flexibility index (Phi) is 9.08. The van der Waals surface area contributed by atoms with Crippen LogP contribution in [-0.2, 0) is 14.3 Å². The van der Waals surface area contributed by atoms with Crippen LogP contribution in [0.4, 0.5) is 4.79 Å². The van der Waals surface area contributed by atoms with E-state index in [2.05, 4.69) is 10.6 Å². The Balaban J connectivity index is 2.24. The second-order valence-electron chi connectivity index (χ2n) is 5.51. The van der Waals surface area contributed by atoms with Gasteiger partial charge in [0, 0.05) is 11.6 Å². The first-order chi connectivity index (χ1) is 11.8. The molecule has 0 aliphatic rings. The molecule has 0 aromatic heterocycles. The van der Waals surface area contributed by atoms with Crippen LogP contribution in [0.1, 0.15) is 20.3 Å². The number of benzene rings is 1. The molecule has 0 aliphatic heterocycles. The van der Waals surface area contributed by atoms with Gasteiger partial charge in [-0.1, -0.05) is 37.0 Å². The summed E-state index contributed by atoms with van der Waals surface area (Å²) in [6.45, 7) is 3.46. The van der Waals surface area contributed by atoms with E-state index in [-0.39, 0.29) is 10.8 Å². The molecule has 9 heteroatoms. The van der Waals surface area contributed by atoms with E-state index < -0.39 is 31.1 Å². The van der Waals surface area contributed by atoms with Crippen molar-refractivity contribution in [1.82, 2.24) is 10.6 Å². The van der Waals surface area contributed by atoms with E-state index in [4.69, 9.17) is 32.7 Å². The third-order valence-electron chi connectivity index (χ3n) is 2.86. The first kappa shape index (κ1) is 21.1. The Bertz CT molecular complexity index is 623. The van der Waals surface area contributed by atoms with Gasteiger partial charge in [0.15, 0.2) is 13.2 Å². The number of carbonyl (C=O) groups excluding carboxylic acids is 3. The Labute approximate surface area is 155 Å². The van der Waals surface area contributed by atoms with Crippen molar-refractivity contribution in [3.8, 4) is 5.75 Å². The van der Waals surface area contributed by atoms with Crippen LogP contribution in [0.5, 0.6) is 5.75 Å². The van der Waals surface area contributed by atoms with Crippen molar-refractivity contribution in [1.29, 1.82) is 0 Å². The maximum Gasteiger partial charge on any atom is 0.344 e. The van der Waals surface area contributed by atoms with E-state index in [9.17, 15) is 14.4 Å². The van der Waals surface area contributed by atoms with Crippen LogP contribution in [0.2, 0.25) is 10.0 Å². The zero-order valence-corrected chi connectivity index (χ0v) is 15.4. The van der Waals surface area contributed by atoms with Crippen molar-refractivity contribution in [2.24, 2.45) is 5.92 Å². The summed E-state index contributed by atoms with van der Waals surface area (Å²) in [5.41, 5.74) is 0. The molecule has 0 atom stereocenters. The number of carbonyl (C=O) groups is 3. The highest BCUT2D eigenvalue weighted by molar-refractivity contribution is 6.35. The van der Waals surface area contributed by atoms with Gasteiger partial charge in [-0.15, -0.1) is 0 Å². The highest BCUT2D eigenvalue weighted by Crippen LogP contribution is 2.27. The lowest BCUT2D eigenvalue weighted by molar-refractivity contribution is -0.150. The molecule has 25 heavy (non-hydrogen) atoms. The highest BCUT2D eigenvalue weighted by Gasteiger charge is 2.12. The standard InChI is InChI=1S/C16H20Cl2N2O5/c1-10(2)5-6-19-16(23)20-14(21)8-25-15(22)9-24-13-4-3-11(17)7-12(13)18/h3-4,7,10H,5-6,8-9H2,1-2H3,(H2,19,20,21,23). The lowest BCUT2D eigenvalue weighted by atomic mass is 10.1. The van der Waals surface area contributed by atoms with Crippen LogP contribution in [0, 0.1) is 5.92 Å². The van der Waals surface area contributed by atoms with Crippen molar-refractivity contribution in [3.05, 3.63) is 28.2 Å². The predicted molar refractivity (Wildman–Crippen MR) is 93.9 cm³/mol. The van der Waals surface area contributed by atoms with Crippen LogP contribution in [0.25, 0.3) is 0 Å². The molecule has 0 spiro atoms. The lowest BCUT2D eigenvalue weighted by Crippen LogP contribution is -2.42. The van der Waals surface area contributed by atoms with E-state index in [1.165, 1.54) is 12.1 Å². The van der Waals surface area contributed by atoms with E-state index in [0.29, 0.717) is 17.5 Å². The number of ether oxygens (including phenoxy) is 2. The molecule has 0 aliphatic carbocycles. The third kappa shape index (κ3) is 9.16. The fraction of sp³-hybridized carbons (Fsp3) is 0.438. The molecule has 0 saturated heterocycles. The Morgan fingerprint density at radius 2 is 1.88 bits per heavy atom. The van der Waals surface area contributed by atoms with Gasteiger partial charge in [0.05, 0.1) is 5.02 Å². The average molecular weight is 391 g/mol. The number of esters is 1. The lowest BCUT2D eigenvalue weighted by Gasteiger charge is -2.09. The summed E-state index contributed by atoms with van der Waals surface area (Å²) in [5, 5.41) is 5.26. The molecule has 1 rings (SSSR count). The number of hydrogen-bond acceptors (Lipinski definition) is 5. The highest BCUT2D eigenvalue weighted by atomic mass is 35.5. The van der Waals surface area contributed by atoms with Crippen LogP contribution >= 0.6 is 23.2 Å². The summed E-state index contributed by atoms with van der Waals surface area (Å²) in [6, 6.07) is 3.90. The topological polar surface area (TPSA) is 93.7 Å². The fourth-order valence-electron chi connectivity index (χ4n) is 1.60. The van der Waals surface area contributed by atoms with E-state index in [1.54, 1.807) is 6.07 Å². The molecule has 0 unspecified atom stereocenters. The SMILES string of the molecule is CC(C)CCNC(=O)NC(=O)COC(=O)COc1ccc(Cl)cc1Cl. The van der Waals surface area contributed by atoms with Gasteiger partial charge in [-0.2, -0.15) is 0 Å². The minimum atomic E-state index is -0.776. The molecule has 0 saturated carbocycles. The third-order valence-corrected chi connectivity index (χ3v) is 3.39.